The van der Waals surface area contributed by atoms with Gasteiger partial charge in [0.2, 0.25) is 0 Å². The zero-order valence-electron chi connectivity index (χ0n) is 10.7. The first-order valence-electron chi connectivity index (χ1n) is 6.35. The van der Waals surface area contributed by atoms with Gasteiger partial charge in [-0.3, -0.25) is 9.97 Å². The molecule has 2 aromatic carbocycles. The second kappa shape index (κ2) is 5.57. The van der Waals surface area contributed by atoms with Gasteiger partial charge < -0.3 is 5.11 Å². The van der Waals surface area contributed by atoms with Gasteiger partial charge in [0.1, 0.15) is 0 Å². The van der Waals surface area contributed by atoms with Crippen LogP contribution in [0.4, 0.5) is 0 Å². The van der Waals surface area contributed by atoms with Crippen molar-refractivity contribution in [2.45, 2.75) is 12.5 Å². The number of aromatic nitrogens is 2. The molecule has 1 aromatic heterocycles. The van der Waals surface area contributed by atoms with Crippen LogP contribution in [0.3, 0.4) is 0 Å². The average Bonchev–Trinajstić information content (AvgIpc) is 2.47. The van der Waals surface area contributed by atoms with Gasteiger partial charge in [-0.25, -0.2) is 0 Å². The van der Waals surface area contributed by atoms with E-state index in [-0.39, 0.29) is 0 Å². The van der Waals surface area contributed by atoms with Crippen molar-refractivity contribution >= 4 is 22.6 Å². The molecule has 0 aliphatic rings. The summed E-state index contributed by atoms with van der Waals surface area (Å²) < 4.78 is 0. The van der Waals surface area contributed by atoms with Crippen molar-refractivity contribution in [2.24, 2.45) is 0 Å². The highest BCUT2D eigenvalue weighted by atomic mass is 35.5. The third-order valence-corrected chi connectivity index (χ3v) is 3.43. The molecule has 0 aliphatic carbocycles. The van der Waals surface area contributed by atoms with Crippen LogP contribution in [0.1, 0.15) is 17.2 Å². The van der Waals surface area contributed by atoms with Gasteiger partial charge in [0, 0.05) is 23.8 Å². The van der Waals surface area contributed by atoms with Crippen LogP contribution in [0.15, 0.2) is 54.9 Å². The summed E-state index contributed by atoms with van der Waals surface area (Å²) in [7, 11) is 0. The zero-order valence-corrected chi connectivity index (χ0v) is 11.5. The lowest BCUT2D eigenvalue weighted by molar-refractivity contribution is 0.178. The molecule has 0 amide bonds. The third kappa shape index (κ3) is 2.79. The molecule has 1 unspecified atom stereocenters. The minimum absolute atomic E-state index is 0.520. The Morgan fingerprint density at radius 3 is 2.60 bits per heavy atom. The molecule has 0 aliphatic heterocycles. The number of nitrogens with zero attached hydrogens (tertiary/aromatic N) is 2. The maximum absolute atomic E-state index is 10.3. The van der Waals surface area contributed by atoms with Crippen LogP contribution in [0.25, 0.3) is 11.0 Å². The molecule has 0 saturated carbocycles. The molecule has 4 heteroatoms. The van der Waals surface area contributed by atoms with E-state index in [0.717, 1.165) is 22.2 Å². The molecule has 0 spiro atoms. The van der Waals surface area contributed by atoms with Crippen molar-refractivity contribution in [1.82, 2.24) is 9.97 Å². The summed E-state index contributed by atoms with van der Waals surface area (Å²) >= 11 is 5.95. The molecular formula is C16H13ClN2O. The largest absolute Gasteiger partial charge is 0.388 e. The number of aliphatic hydroxyl groups excluding tert-OH is 1. The summed E-state index contributed by atoms with van der Waals surface area (Å²) in [6.07, 6.45) is 3.24. The second-order valence-electron chi connectivity index (χ2n) is 4.65. The van der Waals surface area contributed by atoms with Gasteiger partial charge in [0.25, 0.3) is 0 Å². The minimum Gasteiger partial charge on any atom is -0.388 e. The van der Waals surface area contributed by atoms with Crippen LogP contribution in [-0.2, 0) is 6.42 Å². The van der Waals surface area contributed by atoms with E-state index in [4.69, 9.17) is 11.6 Å². The number of hydrogen-bond acceptors (Lipinski definition) is 3. The SMILES string of the molecule is OC(Cc1cccc(Cl)c1)c1ccc2nccnc2c1. The van der Waals surface area contributed by atoms with Gasteiger partial charge in [-0.1, -0.05) is 29.8 Å². The Bertz CT molecular complexity index is 745. The lowest BCUT2D eigenvalue weighted by Gasteiger charge is -2.11. The van der Waals surface area contributed by atoms with Gasteiger partial charge in [-0.05, 0) is 35.4 Å². The molecule has 100 valence electrons. The number of halogens is 1. The summed E-state index contributed by atoms with van der Waals surface area (Å²) in [4.78, 5) is 8.47. The fourth-order valence-corrected chi connectivity index (χ4v) is 2.41. The van der Waals surface area contributed by atoms with E-state index in [1.807, 2.05) is 42.5 Å². The zero-order chi connectivity index (χ0) is 13.9. The molecule has 1 heterocycles. The van der Waals surface area contributed by atoms with E-state index in [0.29, 0.717) is 11.4 Å². The first-order chi connectivity index (χ1) is 9.72. The van der Waals surface area contributed by atoms with E-state index in [2.05, 4.69) is 9.97 Å². The Balaban J connectivity index is 1.86. The van der Waals surface area contributed by atoms with Crippen molar-refractivity contribution in [3.8, 4) is 0 Å². The van der Waals surface area contributed by atoms with Crippen LogP contribution < -0.4 is 0 Å². The van der Waals surface area contributed by atoms with E-state index >= 15 is 0 Å². The van der Waals surface area contributed by atoms with Crippen LogP contribution >= 0.6 is 11.6 Å². The summed E-state index contributed by atoms with van der Waals surface area (Å²) in [6, 6.07) is 13.2. The van der Waals surface area contributed by atoms with E-state index in [1.54, 1.807) is 12.4 Å². The number of fused-ring (bicyclic) bond motifs is 1. The fraction of sp³-hybridized carbons (Fsp3) is 0.125. The van der Waals surface area contributed by atoms with Crippen molar-refractivity contribution < 1.29 is 5.11 Å². The Labute approximate surface area is 121 Å². The Hall–Kier alpha value is -1.97. The quantitative estimate of drug-likeness (QED) is 0.800. The number of hydrogen-bond donors (Lipinski definition) is 1. The Kier molecular flexibility index (Phi) is 3.63. The summed E-state index contributed by atoms with van der Waals surface area (Å²) in [5, 5.41) is 11.0. The number of rotatable bonds is 3. The number of aliphatic hydroxyl groups is 1. The molecule has 3 aromatic rings. The predicted octanol–water partition coefficient (Wildman–Crippen LogP) is 3.56. The smallest absolute Gasteiger partial charge is 0.0890 e. The van der Waals surface area contributed by atoms with Gasteiger partial charge in [0.05, 0.1) is 17.1 Å². The van der Waals surface area contributed by atoms with Crippen molar-refractivity contribution in [2.75, 3.05) is 0 Å². The van der Waals surface area contributed by atoms with Gasteiger partial charge in [0.15, 0.2) is 0 Å². The molecule has 0 saturated heterocycles. The second-order valence-corrected chi connectivity index (χ2v) is 5.09. The van der Waals surface area contributed by atoms with Gasteiger partial charge in [-0.15, -0.1) is 0 Å². The van der Waals surface area contributed by atoms with Crippen LogP contribution in [0.2, 0.25) is 5.02 Å². The number of benzene rings is 2. The monoisotopic (exact) mass is 284 g/mol. The predicted molar refractivity (Wildman–Crippen MR) is 79.7 cm³/mol. The van der Waals surface area contributed by atoms with Crippen molar-refractivity contribution in [1.29, 1.82) is 0 Å². The molecule has 3 nitrogen and oxygen atoms in total. The first-order valence-corrected chi connectivity index (χ1v) is 6.73. The van der Waals surface area contributed by atoms with Crippen LogP contribution in [-0.4, -0.2) is 15.1 Å². The van der Waals surface area contributed by atoms with Gasteiger partial charge in [-0.2, -0.15) is 0 Å². The Morgan fingerprint density at radius 2 is 1.80 bits per heavy atom. The van der Waals surface area contributed by atoms with Crippen LogP contribution in [0, 0.1) is 0 Å². The minimum atomic E-state index is -0.583. The third-order valence-electron chi connectivity index (χ3n) is 3.20. The topological polar surface area (TPSA) is 46.0 Å². The molecule has 0 bridgehead atoms. The molecule has 0 fully saturated rings. The standard InChI is InChI=1S/C16H13ClN2O/c17-13-3-1-2-11(8-13)9-16(20)12-4-5-14-15(10-12)19-7-6-18-14/h1-8,10,16,20H,9H2. The molecular weight excluding hydrogens is 272 g/mol. The van der Waals surface area contributed by atoms with E-state index in [1.165, 1.54) is 0 Å². The van der Waals surface area contributed by atoms with E-state index < -0.39 is 6.10 Å². The molecule has 0 radical (unpaired) electrons. The maximum Gasteiger partial charge on any atom is 0.0890 e. The average molecular weight is 285 g/mol. The molecule has 3 rings (SSSR count). The Morgan fingerprint density at radius 1 is 1.00 bits per heavy atom. The summed E-state index contributed by atoms with van der Waals surface area (Å²) in [6.45, 7) is 0. The molecule has 1 atom stereocenters. The summed E-state index contributed by atoms with van der Waals surface area (Å²) in [5.74, 6) is 0. The van der Waals surface area contributed by atoms with Gasteiger partial charge >= 0.3 is 0 Å². The normalized spacial score (nSPS) is 12.5. The maximum atomic E-state index is 10.3. The first kappa shape index (κ1) is 13.0. The lowest BCUT2D eigenvalue weighted by atomic mass is 10.0. The highest BCUT2D eigenvalue weighted by Gasteiger charge is 2.10. The highest BCUT2D eigenvalue weighted by molar-refractivity contribution is 6.30. The van der Waals surface area contributed by atoms with Crippen molar-refractivity contribution in [3.63, 3.8) is 0 Å². The van der Waals surface area contributed by atoms with E-state index in [9.17, 15) is 5.11 Å². The molecule has 20 heavy (non-hydrogen) atoms. The van der Waals surface area contributed by atoms with Crippen molar-refractivity contribution in [3.05, 3.63) is 71.0 Å². The lowest BCUT2D eigenvalue weighted by Crippen LogP contribution is -2.02. The summed E-state index contributed by atoms with van der Waals surface area (Å²) in [5.41, 5.74) is 3.45. The fourth-order valence-electron chi connectivity index (χ4n) is 2.19. The highest BCUT2D eigenvalue weighted by Crippen LogP contribution is 2.22. The van der Waals surface area contributed by atoms with Crippen LogP contribution in [0.5, 0.6) is 0 Å². The molecule has 1 N–H and O–H groups in total.